The Morgan fingerprint density at radius 1 is 0.939 bits per heavy atom. The van der Waals surface area contributed by atoms with Crippen LogP contribution in [0.1, 0.15) is 40.1 Å². The Morgan fingerprint density at radius 3 is 1.94 bits per heavy atom. The third-order valence-electron chi connectivity index (χ3n) is 5.05. The third-order valence-corrected chi connectivity index (χ3v) is 6.85. The largest absolute Gasteiger partial charge is 0.454 e. The van der Waals surface area contributed by atoms with Crippen LogP contribution in [0.2, 0.25) is 20.1 Å². The van der Waals surface area contributed by atoms with Gasteiger partial charge in [-0.25, -0.2) is 4.79 Å². The predicted molar refractivity (Wildman–Crippen MR) is 126 cm³/mol. The van der Waals surface area contributed by atoms with Crippen LogP contribution in [0.25, 0.3) is 0 Å². The molecular formula is C22H18Cl4N2O5. The fraction of sp³-hybridized carbons (Fsp3) is 0.273. The van der Waals surface area contributed by atoms with Gasteiger partial charge in [-0.05, 0) is 24.5 Å². The minimum Gasteiger partial charge on any atom is -0.454 e. The molecule has 1 heterocycles. The lowest BCUT2D eigenvalue weighted by Crippen LogP contribution is -2.49. The predicted octanol–water partition coefficient (Wildman–Crippen LogP) is 5.41. The third kappa shape index (κ3) is 4.68. The number of ether oxygens (including phenoxy) is 1. The number of fused-ring (bicyclic) bond motifs is 1. The number of carbonyl (C=O) groups is 4. The molecule has 3 rings (SSSR count). The summed E-state index contributed by atoms with van der Waals surface area (Å²) in [6.07, 6.45) is 0. The Bertz CT molecular complexity index is 1130. The number of amides is 3. The van der Waals surface area contributed by atoms with E-state index in [-0.39, 0.29) is 31.2 Å². The Balaban J connectivity index is 1.82. The van der Waals surface area contributed by atoms with Gasteiger partial charge in [0, 0.05) is 5.69 Å². The number of nitrogens with zero attached hydrogens (tertiary/aromatic N) is 1. The molecule has 0 bridgehead atoms. The first kappa shape index (κ1) is 25.3. The maximum Gasteiger partial charge on any atom is 0.330 e. The van der Waals surface area contributed by atoms with E-state index < -0.39 is 42.3 Å². The first-order chi connectivity index (χ1) is 15.5. The van der Waals surface area contributed by atoms with E-state index in [2.05, 4.69) is 5.32 Å². The van der Waals surface area contributed by atoms with E-state index in [1.807, 2.05) is 19.1 Å². The first-order valence-electron chi connectivity index (χ1n) is 9.73. The highest BCUT2D eigenvalue weighted by Gasteiger charge is 2.48. The molecule has 1 aliphatic rings. The van der Waals surface area contributed by atoms with Gasteiger partial charge in [-0.3, -0.25) is 19.3 Å². The van der Waals surface area contributed by atoms with Crippen molar-refractivity contribution in [2.24, 2.45) is 5.92 Å². The van der Waals surface area contributed by atoms with E-state index >= 15 is 0 Å². The molecule has 33 heavy (non-hydrogen) atoms. The maximum absolute atomic E-state index is 13.1. The number of para-hydroxylation sites is 1. The van der Waals surface area contributed by atoms with Gasteiger partial charge < -0.3 is 10.1 Å². The van der Waals surface area contributed by atoms with Crippen LogP contribution in [-0.2, 0) is 14.3 Å². The lowest BCUT2D eigenvalue weighted by Gasteiger charge is -2.27. The molecule has 0 saturated heterocycles. The van der Waals surface area contributed by atoms with Crippen molar-refractivity contribution in [2.45, 2.75) is 26.8 Å². The first-order valence-corrected chi connectivity index (χ1v) is 11.2. The number of rotatable bonds is 6. The lowest BCUT2D eigenvalue weighted by atomic mass is 10.0. The molecule has 2 aromatic rings. The van der Waals surface area contributed by atoms with Crippen LogP contribution in [0.4, 0.5) is 5.69 Å². The normalized spacial score (nSPS) is 13.9. The zero-order valence-corrected chi connectivity index (χ0v) is 20.7. The van der Waals surface area contributed by atoms with E-state index in [4.69, 9.17) is 51.1 Å². The zero-order chi connectivity index (χ0) is 24.6. The number of nitrogens with one attached hydrogen (secondary N) is 1. The number of hydrogen-bond donors (Lipinski definition) is 1. The van der Waals surface area contributed by atoms with Crippen LogP contribution in [0.3, 0.4) is 0 Å². The molecule has 1 atom stereocenters. The van der Waals surface area contributed by atoms with Crippen LogP contribution in [0.15, 0.2) is 24.3 Å². The Hall–Kier alpha value is -2.32. The number of benzene rings is 2. The molecule has 0 saturated carbocycles. The van der Waals surface area contributed by atoms with Gasteiger partial charge >= 0.3 is 5.97 Å². The van der Waals surface area contributed by atoms with E-state index in [0.29, 0.717) is 10.6 Å². The summed E-state index contributed by atoms with van der Waals surface area (Å²) in [5.41, 5.74) is 0.917. The molecule has 0 radical (unpaired) electrons. The summed E-state index contributed by atoms with van der Waals surface area (Å²) in [4.78, 5) is 52.0. The van der Waals surface area contributed by atoms with Gasteiger partial charge in [-0.15, -0.1) is 0 Å². The average Bonchev–Trinajstić information content (AvgIpc) is 3.01. The molecule has 0 fully saturated rings. The van der Waals surface area contributed by atoms with Crippen LogP contribution >= 0.6 is 46.4 Å². The highest BCUT2D eigenvalue weighted by molar-refractivity contribution is 6.55. The van der Waals surface area contributed by atoms with Crippen molar-refractivity contribution >= 4 is 75.8 Å². The molecule has 3 amide bonds. The van der Waals surface area contributed by atoms with Crippen molar-refractivity contribution in [1.82, 2.24) is 4.90 Å². The number of halogens is 4. The van der Waals surface area contributed by atoms with E-state index in [9.17, 15) is 19.2 Å². The van der Waals surface area contributed by atoms with Gasteiger partial charge in [0.25, 0.3) is 17.7 Å². The standard InChI is InChI=1S/C22H18Cl4N2O5/c1-9(2)19(22(32)33-8-12(29)27-11-7-5-4-6-10(11)3)28-20(30)13-14(21(28)31)16(24)18(26)17(25)15(13)23/h4-7,9,19H,8H2,1-3H3,(H,27,29)/t19-/m0/s1. The molecule has 0 unspecified atom stereocenters. The monoisotopic (exact) mass is 530 g/mol. The van der Waals surface area contributed by atoms with E-state index in [1.54, 1.807) is 26.0 Å². The Labute approximate surface area is 209 Å². The molecular weight excluding hydrogens is 514 g/mol. The molecule has 7 nitrogen and oxygen atoms in total. The van der Waals surface area contributed by atoms with Crippen LogP contribution in [-0.4, -0.2) is 41.2 Å². The minimum absolute atomic E-state index is 0.179. The summed E-state index contributed by atoms with van der Waals surface area (Å²) in [5.74, 6) is -3.79. The van der Waals surface area contributed by atoms with Gasteiger partial charge in [0.2, 0.25) is 0 Å². The quantitative estimate of drug-likeness (QED) is 0.233. The number of aryl methyl sites for hydroxylation is 1. The summed E-state index contributed by atoms with van der Waals surface area (Å²) < 4.78 is 5.14. The second kappa shape index (κ2) is 9.89. The lowest BCUT2D eigenvalue weighted by molar-refractivity contribution is -0.152. The molecule has 1 N–H and O–H groups in total. The summed E-state index contributed by atoms with van der Waals surface area (Å²) in [7, 11) is 0. The molecule has 0 aromatic heterocycles. The SMILES string of the molecule is Cc1ccccc1NC(=O)COC(=O)[C@H](C(C)C)N1C(=O)c2c(Cl)c(Cl)c(Cl)c(Cl)c2C1=O. The van der Waals surface area contributed by atoms with Crippen molar-refractivity contribution < 1.29 is 23.9 Å². The summed E-state index contributed by atoms with van der Waals surface area (Å²) >= 11 is 24.4. The Morgan fingerprint density at radius 2 is 1.45 bits per heavy atom. The fourth-order valence-electron chi connectivity index (χ4n) is 3.42. The number of esters is 1. The van der Waals surface area contributed by atoms with E-state index in [0.717, 1.165) is 5.56 Å². The molecule has 11 heteroatoms. The maximum atomic E-state index is 13.1. The second-order valence-electron chi connectivity index (χ2n) is 7.65. The van der Waals surface area contributed by atoms with Crippen molar-refractivity contribution in [3.63, 3.8) is 0 Å². The number of imide groups is 1. The topological polar surface area (TPSA) is 92.8 Å². The summed E-state index contributed by atoms with van der Waals surface area (Å²) in [5, 5.41) is 1.80. The summed E-state index contributed by atoms with van der Waals surface area (Å²) in [6, 6.07) is 5.75. The van der Waals surface area contributed by atoms with Crippen molar-refractivity contribution in [3.05, 3.63) is 61.0 Å². The number of hydrogen-bond acceptors (Lipinski definition) is 5. The minimum atomic E-state index is -1.34. The second-order valence-corrected chi connectivity index (χ2v) is 9.16. The van der Waals surface area contributed by atoms with E-state index in [1.165, 1.54) is 0 Å². The number of carbonyl (C=O) groups excluding carboxylic acids is 4. The number of anilines is 1. The van der Waals surface area contributed by atoms with Gasteiger partial charge in [0.1, 0.15) is 6.04 Å². The highest BCUT2D eigenvalue weighted by atomic mass is 35.5. The van der Waals surface area contributed by atoms with Crippen LogP contribution < -0.4 is 5.32 Å². The smallest absolute Gasteiger partial charge is 0.330 e. The highest BCUT2D eigenvalue weighted by Crippen LogP contribution is 2.45. The average molecular weight is 532 g/mol. The van der Waals surface area contributed by atoms with Gasteiger partial charge in [-0.2, -0.15) is 0 Å². The van der Waals surface area contributed by atoms with Gasteiger partial charge in [-0.1, -0.05) is 78.5 Å². The van der Waals surface area contributed by atoms with Gasteiger partial charge in [0.05, 0.1) is 31.2 Å². The molecule has 0 spiro atoms. The molecule has 0 aliphatic carbocycles. The fourth-order valence-corrected chi connectivity index (χ4v) is 4.43. The zero-order valence-electron chi connectivity index (χ0n) is 17.7. The summed E-state index contributed by atoms with van der Waals surface area (Å²) in [6.45, 7) is 4.43. The van der Waals surface area contributed by atoms with Crippen molar-refractivity contribution in [2.75, 3.05) is 11.9 Å². The molecule has 174 valence electrons. The van der Waals surface area contributed by atoms with Gasteiger partial charge in [0.15, 0.2) is 6.61 Å². The van der Waals surface area contributed by atoms with Crippen molar-refractivity contribution in [1.29, 1.82) is 0 Å². The van der Waals surface area contributed by atoms with Crippen LogP contribution in [0.5, 0.6) is 0 Å². The van der Waals surface area contributed by atoms with Crippen LogP contribution in [0, 0.1) is 12.8 Å². The molecule has 2 aromatic carbocycles. The molecule has 1 aliphatic heterocycles. The van der Waals surface area contributed by atoms with Crippen molar-refractivity contribution in [3.8, 4) is 0 Å². The Kier molecular flexibility index (Phi) is 7.59.